The van der Waals surface area contributed by atoms with Crippen molar-refractivity contribution in [3.8, 4) is 0 Å². The normalized spacial score (nSPS) is 16.4. The number of rotatable bonds is 6. The lowest BCUT2D eigenvalue weighted by atomic mass is 9.98. The number of carbonyl (C=O) groups excluding carboxylic acids is 1. The van der Waals surface area contributed by atoms with Crippen LogP contribution >= 0.6 is 11.3 Å². The molecule has 1 aromatic carbocycles. The van der Waals surface area contributed by atoms with E-state index < -0.39 is 5.97 Å². The van der Waals surface area contributed by atoms with Gasteiger partial charge in [-0.3, -0.25) is 14.5 Å². The minimum atomic E-state index is -0.770. The molecule has 1 N–H and O–H groups in total. The van der Waals surface area contributed by atoms with Gasteiger partial charge >= 0.3 is 5.97 Å². The molecule has 0 bridgehead atoms. The highest BCUT2D eigenvalue weighted by Gasteiger charge is 2.28. The Kier molecular flexibility index (Phi) is 6.06. The Balaban J connectivity index is 1.67. The van der Waals surface area contributed by atoms with Crippen LogP contribution in [0.4, 0.5) is 0 Å². The largest absolute Gasteiger partial charge is 0.481 e. The van der Waals surface area contributed by atoms with Crippen molar-refractivity contribution in [1.29, 1.82) is 0 Å². The van der Waals surface area contributed by atoms with Gasteiger partial charge in [0, 0.05) is 38.6 Å². The third-order valence-corrected chi connectivity index (χ3v) is 5.73. The number of hydrogen-bond donors (Lipinski definition) is 1. The molecule has 1 amide bonds. The number of carboxylic acid groups (broad SMARTS) is 1. The summed E-state index contributed by atoms with van der Waals surface area (Å²) in [5.41, 5.74) is 2.34. The lowest BCUT2D eigenvalue weighted by Gasteiger charge is -2.39. The third kappa shape index (κ3) is 4.51. The first kappa shape index (κ1) is 18.6. The molecular formula is C20H24N2O3S. The maximum Gasteiger partial charge on any atom is 0.303 e. The van der Waals surface area contributed by atoms with Crippen molar-refractivity contribution in [2.45, 2.75) is 25.8 Å². The average molecular weight is 372 g/mol. The number of nitrogens with zero attached hydrogens (tertiary/aromatic N) is 2. The second-order valence-corrected chi connectivity index (χ2v) is 7.61. The van der Waals surface area contributed by atoms with Crippen LogP contribution in [0.3, 0.4) is 0 Å². The molecule has 3 rings (SSSR count). The second-order valence-electron chi connectivity index (χ2n) is 6.66. The van der Waals surface area contributed by atoms with Crippen LogP contribution in [0.5, 0.6) is 0 Å². The molecule has 1 saturated heterocycles. The maximum absolute atomic E-state index is 12.5. The molecule has 2 aromatic rings. The summed E-state index contributed by atoms with van der Waals surface area (Å²) in [6.07, 6.45) is 0.726. The van der Waals surface area contributed by atoms with Crippen molar-refractivity contribution in [2.24, 2.45) is 0 Å². The summed E-state index contributed by atoms with van der Waals surface area (Å²) < 4.78 is 0. The highest BCUT2D eigenvalue weighted by Crippen LogP contribution is 2.28. The van der Waals surface area contributed by atoms with E-state index in [1.54, 1.807) is 0 Å². The predicted octanol–water partition coefficient (Wildman–Crippen LogP) is 3.42. The first-order chi connectivity index (χ1) is 12.5. The van der Waals surface area contributed by atoms with E-state index in [1.807, 2.05) is 29.3 Å². The van der Waals surface area contributed by atoms with Crippen LogP contribution in [-0.2, 0) is 4.79 Å². The fraction of sp³-hybridized carbons (Fsp3) is 0.400. The third-order valence-electron chi connectivity index (χ3n) is 4.87. The Morgan fingerprint density at radius 2 is 1.81 bits per heavy atom. The van der Waals surface area contributed by atoms with Crippen LogP contribution in [0.2, 0.25) is 0 Å². The topological polar surface area (TPSA) is 60.9 Å². The van der Waals surface area contributed by atoms with E-state index in [4.69, 9.17) is 5.11 Å². The molecule has 1 fully saturated rings. The molecule has 6 heteroatoms. The Morgan fingerprint density at radius 3 is 2.38 bits per heavy atom. The Hall–Kier alpha value is -2.18. The van der Waals surface area contributed by atoms with Crippen molar-refractivity contribution in [1.82, 2.24) is 9.80 Å². The number of carbonyl (C=O) groups is 2. The Morgan fingerprint density at radius 1 is 1.12 bits per heavy atom. The standard InChI is InChI=1S/C20H24N2O3S/c1-15-4-6-16(7-5-15)17(8-9-19(23)24)21-10-12-22(13-11-21)20(25)18-3-2-14-26-18/h2-7,14,17H,8-13H2,1H3,(H,23,24)/t17-/m1/s1. The van der Waals surface area contributed by atoms with Crippen molar-refractivity contribution < 1.29 is 14.7 Å². The highest BCUT2D eigenvalue weighted by atomic mass is 32.1. The highest BCUT2D eigenvalue weighted by molar-refractivity contribution is 7.12. The minimum absolute atomic E-state index is 0.0747. The van der Waals surface area contributed by atoms with Gasteiger partial charge in [-0.2, -0.15) is 0 Å². The number of aryl methyl sites for hydroxylation is 1. The molecular weight excluding hydrogens is 348 g/mol. The van der Waals surface area contributed by atoms with Gasteiger partial charge in [0.15, 0.2) is 0 Å². The zero-order valence-corrected chi connectivity index (χ0v) is 15.7. The Bertz CT molecular complexity index is 735. The molecule has 0 spiro atoms. The molecule has 0 aliphatic carbocycles. The quantitative estimate of drug-likeness (QED) is 0.844. The molecule has 138 valence electrons. The first-order valence-corrected chi connectivity index (χ1v) is 9.78. The molecule has 1 aromatic heterocycles. The number of carboxylic acids is 1. The monoisotopic (exact) mass is 372 g/mol. The van der Waals surface area contributed by atoms with Gasteiger partial charge in [0.2, 0.25) is 0 Å². The van der Waals surface area contributed by atoms with Gasteiger partial charge in [-0.1, -0.05) is 35.9 Å². The van der Waals surface area contributed by atoms with E-state index in [9.17, 15) is 9.59 Å². The number of benzene rings is 1. The summed E-state index contributed by atoms with van der Waals surface area (Å²) in [7, 11) is 0. The minimum Gasteiger partial charge on any atom is -0.481 e. The van der Waals surface area contributed by atoms with Crippen LogP contribution < -0.4 is 0 Å². The van der Waals surface area contributed by atoms with E-state index >= 15 is 0 Å². The second kappa shape index (κ2) is 8.47. The number of hydrogen-bond acceptors (Lipinski definition) is 4. The van der Waals surface area contributed by atoms with Gasteiger partial charge in [0.1, 0.15) is 0 Å². The van der Waals surface area contributed by atoms with E-state index in [1.165, 1.54) is 16.9 Å². The zero-order chi connectivity index (χ0) is 18.5. The van der Waals surface area contributed by atoms with Crippen LogP contribution in [-0.4, -0.2) is 53.0 Å². The van der Waals surface area contributed by atoms with Crippen LogP contribution in [0.1, 0.15) is 39.7 Å². The molecule has 26 heavy (non-hydrogen) atoms. The zero-order valence-electron chi connectivity index (χ0n) is 14.9. The summed E-state index contributed by atoms with van der Waals surface area (Å²) in [5, 5.41) is 11.0. The smallest absolute Gasteiger partial charge is 0.303 e. The van der Waals surface area contributed by atoms with Crippen LogP contribution in [0, 0.1) is 6.92 Å². The molecule has 0 radical (unpaired) electrons. The van der Waals surface area contributed by atoms with Crippen molar-refractivity contribution in [3.05, 3.63) is 57.8 Å². The summed E-state index contributed by atoms with van der Waals surface area (Å²) in [5.74, 6) is -0.675. The molecule has 0 unspecified atom stereocenters. The average Bonchev–Trinajstić information content (AvgIpc) is 3.18. The van der Waals surface area contributed by atoms with Crippen molar-refractivity contribution >= 4 is 23.2 Å². The van der Waals surface area contributed by atoms with E-state index in [0.29, 0.717) is 19.5 Å². The number of thiophene rings is 1. The van der Waals surface area contributed by atoms with Crippen LogP contribution in [0.15, 0.2) is 41.8 Å². The van der Waals surface area contributed by atoms with Gasteiger partial charge in [0.05, 0.1) is 4.88 Å². The van der Waals surface area contributed by atoms with Gasteiger partial charge in [-0.25, -0.2) is 0 Å². The maximum atomic E-state index is 12.5. The molecule has 2 heterocycles. The molecule has 1 aliphatic heterocycles. The summed E-state index contributed by atoms with van der Waals surface area (Å²) >= 11 is 1.47. The summed E-state index contributed by atoms with van der Waals surface area (Å²) in [4.78, 5) is 28.6. The first-order valence-electron chi connectivity index (χ1n) is 8.90. The van der Waals surface area contributed by atoms with E-state index in [-0.39, 0.29) is 18.4 Å². The Labute approximate surface area is 157 Å². The number of amides is 1. The fourth-order valence-electron chi connectivity index (χ4n) is 3.40. The molecule has 5 nitrogen and oxygen atoms in total. The number of aliphatic carboxylic acids is 1. The van der Waals surface area contributed by atoms with Crippen molar-refractivity contribution in [3.63, 3.8) is 0 Å². The summed E-state index contributed by atoms with van der Waals surface area (Å²) in [6, 6.07) is 12.1. The van der Waals surface area contributed by atoms with E-state index in [0.717, 1.165) is 23.5 Å². The fourth-order valence-corrected chi connectivity index (χ4v) is 4.09. The molecule has 1 aliphatic rings. The number of piperazine rings is 1. The lowest BCUT2D eigenvalue weighted by Crippen LogP contribution is -2.49. The molecule has 0 saturated carbocycles. The van der Waals surface area contributed by atoms with Crippen LogP contribution in [0.25, 0.3) is 0 Å². The SMILES string of the molecule is Cc1ccc([C@@H](CCC(=O)O)N2CCN(C(=O)c3cccs3)CC2)cc1. The van der Waals surface area contributed by atoms with Crippen molar-refractivity contribution in [2.75, 3.05) is 26.2 Å². The van der Waals surface area contributed by atoms with Gasteiger partial charge in [-0.05, 0) is 30.4 Å². The van der Waals surface area contributed by atoms with Gasteiger partial charge in [-0.15, -0.1) is 11.3 Å². The predicted molar refractivity (Wildman–Crippen MR) is 103 cm³/mol. The van der Waals surface area contributed by atoms with Gasteiger partial charge < -0.3 is 10.0 Å². The van der Waals surface area contributed by atoms with E-state index in [2.05, 4.69) is 29.2 Å². The summed E-state index contributed by atoms with van der Waals surface area (Å²) in [6.45, 7) is 4.91. The molecule has 1 atom stereocenters. The van der Waals surface area contributed by atoms with Gasteiger partial charge in [0.25, 0.3) is 5.91 Å². The lowest BCUT2D eigenvalue weighted by molar-refractivity contribution is -0.137.